The molecular weight excluding hydrogens is 266 g/mol. The third kappa shape index (κ3) is 3.76. The molecule has 1 aromatic heterocycles. The van der Waals surface area contributed by atoms with E-state index in [1.54, 1.807) is 7.11 Å². The van der Waals surface area contributed by atoms with E-state index in [-0.39, 0.29) is 0 Å². The minimum Gasteiger partial charge on any atom is -0.491 e. The molecule has 1 heterocycles. The summed E-state index contributed by atoms with van der Waals surface area (Å²) < 4.78 is 12.9. The number of benzene rings is 1. The van der Waals surface area contributed by atoms with Crippen LogP contribution >= 0.6 is 0 Å². The molecule has 112 valence electrons. The Hall–Kier alpha value is -2.01. The van der Waals surface area contributed by atoms with Gasteiger partial charge in [-0.2, -0.15) is 0 Å². The van der Waals surface area contributed by atoms with Gasteiger partial charge in [0.1, 0.15) is 12.4 Å². The zero-order chi connectivity index (χ0) is 14.5. The summed E-state index contributed by atoms with van der Waals surface area (Å²) in [7, 11) is 1.67. The van der Waals surface area contributed by atoms with Crippen molar-refractivity contribution in [3.63, 3.8) is 0 Å². The number of hydrogen-bond donors (Lipinski definition) is 1. The highest BCUT2D eigenvalue weighted by Crippen LogP contribution is 2.35. The molecule has 1 aliphatic rings. The van der Waals surface area contributed by atoms with E-state index < -0.39 is 0 Å². The molecule has 0 amide bonds. The average Bonchev–Trinajstić information content (AvgIpc) is 3.24. The van der Waals surface area contributed by atoms with E-state index in [4.69, 9.17) is 9.47 Å². The summed E-state index contributed by atoms with van der Waals surface area (Å²) in [6.07, 6.45) is 6.40. The van der Waals surface area contributed by atoms with Crippen molar-refractivity contribution in [3.8, 4) is 5.75 Å². The van der Waals surface area contributed by atoms with E-state index >= 15 is 0 Å². The van der Waals surface area contributed by atoms with Gasteiger partial charge in [0.15, 0.2) is 0 Å². The van der Waals surface area contributed by atoms with Crippen LogP contribution in [0.5, 0.6) is 5.75 Å². The van der Waals surface area contributed by atoms with E-state index in [1.165, 1.54) is 18.5 Å². The molecule has 21 heavy (non-hydrogen) atoms. The molecule has 3 rings (SSSR count). The van der Waals surface area contributed by atoms with Crippen LogP contribution in [0.25, 0.3) is 0 Å². The number of imidazole rings is 1. The van der Waals surface area contributed by atoms with E-state index in [0.29, 0.717) is 19.3 Å². The van der Waals surface area contributed by atoms with Crippen molar-refractivity contribution in [2.24, 2.45) is 0 Å². The first-order chi connectivity index (χ1) is 10.4. The van der Waals surface area contributed by atoms with Crippen LogP contribution in [0.15, 0.2) is 36.8 Å². The fourth-order valence-corrected chi connectivity index (χ4v) is 2.28. The van der Waals surface area contributed by atoms with Gasteiger partial charge >= 0.3 is 0 Å². The van der Waals surface area contributed by atoms with Crippen molar-refractivity contribution in [3.05, 3.63) is 42.5 Å². The SMILES string of the molecule is COCCOc1cccc(NCc2cncn2C2CC2)c1. The monoisotopic (exact) mass is 287 g/mol. The molecule has 1 aliphatic carbocycles. The first-order valence-corrected chi connectivity index (χ1v) is 7.33. The highest BCUT2D eigenvalue weighted by atomic mass is 16.5. The fourth-order valence-electron chi connectivity index (χ4n) is 2.28. The molecule has 1 fully saturated rings. The van der Waals surface area contributed by atoms with Gasteiger partial charge in [-0.05, 0) is 25.0 Å². The fraction of sp³-hybridized carbons (Fsp3) is 0.438. The third-order valence-corrected chi connectivity index (χ3v) is 3.55. The third-order valence-electron chi connectivity index (χ3n) is 3.55. The minimum atomic E-state index is 0.564. The zero-order valence-corrected chi connectivity index (χ0v) is 12.3. The van der Waals surface area contributed by atoms with Crippen molar-refractivity contribution in [2.45, 2.75) is 25.4 Å². The Bertz CT molecular complexity index is 578. The first kappa shape index (κ1) is 13.9. The maximum absolute atomic E-state index is 5.61. The van der Waals surface area contributed by atoms with Crippen LogP contribution in [0.4, 0.5) is 5.69 Å². The molecule has 2 aromatic rings. The van der Waals surface area contributed by atoms with Crippen LogP contribution in [0.2, 0.25) is 0 Å². The molecule has 0 saturated heterocycles. The van der Waals surface area contributed by atoms with Crippen molar-refractivity contribution in [2.75, 3.05) is 25.6 Å². The molecule has 5 nitrogen and oxygen atoms in total. The average molecular weight is 287 g/mol. The second-order valence-electron chi connectivity index (χ2n) is 5.25. The van der Waals surface area contributed by atoms with Gasteiger partial charge in [-0.3, -0.25) is 0 Å². The van der Waals surface area contributed by atoms with Gasteiger partial charge < -0.3 is 19.4 Å². The summed E-state index contributed by atoms with van der Waals surface area (Å²) in [6, 6.07) is 8.65. The normalized spacial score (nSPS) is 14.1. The van der Waals surface area contributed by atoms with Gasteiger partial charge in [0.25, 0.3) is 0 Å². The summed E-state index contributed by atoms with van der Waals surface area (Å²) in [5, 5.41) is 3.43. The lowest BCUT2D eigenvalue weighted by atomic mass is 10.3. The topological polar surface area (TPSA) is 48.3 Å². The molecule has 1 N–H and O–H groups in total. The smallest absolute Gasteiger partial charge is 0.121 e. The standard InChI is InChI=1S/C16H21N3O2/c1-20-7-8-21-16-4-2-3-13(9-16)18-11-15-10-17-12-19(15)14-5-6-14/h2-4,9-10,12,14,18H,5-8,11H2,1H3. The second-order valence-corrected chi connectivity index (χ2v) is 5.25. The van der Waals surface area contributed by atoms with Gasteiger partial charge in [0.2, 0.25) is 0 Å². The van der Waals surface area contributed by atoms with Gasteiger partial charge in [0, 0.05) is 31.1 Å². The molecule has 5 heteroatoms. The number of ether oxygens (including phenoxy) is 2. The Morgan fingerprint density at radius 2 is 2.24 bits per heavy atom. The predicted octanol–water partition coefficient (Wildman–Crippen LogP) is 2.86. The van der Waals surface area contributed by atoms with E-state index in [1.807, 2.05) is 36.8 Å². The Kier molecular flexibility index (Phi) is 4.40. The van der Waals surface area contributed by atoms with Crippen LogP contribution in [0, 0.1) is 0 Å². The molecule has 1 saturated carbocycles. The molecular formula is C16H21N3O2. The second kappa shape index (κ2) is 6.63. The van der Waals surface area contributed by atoms with Crippen LogP contribution in [0.1, 0.15) is 24.6 Å². The van der Waals surface area contributed by atoms with Crippen LogP contribution in [0.3, 0.4) is 0 Å². The van der Waals surface area contributed by atoms with E-state index in [2.05, 4.69) is 14.9 Å². The molecule has 0 aliphatic heterocycles. The highest BCUT2D eigenvalue weighted by Gasteiger charge is 2.24. The Balaban J connectivity index is 1.57. The van der Waals surface area contributed by atoms with Gasteiger partial charge in [-0.15, -0.1) is 0 Å². The molecule has 0 unspecified atom stereocenters. The summed E-state index contributed by atoms with van der Waals surface area (Å²) in [6.45, 7) is 1.94. The Morgan fingerprint density at radius 1 is 1.33 bits per heavy atom. The predicted molar refractivity (Wildman–Crippen MR) is 81.6 cm³/mol. The lowest BCUT2D eigenvalue weighted by Crippen LogP contribution is -2.07. The van der Waals surface area contributed by atoms with Crippen molar-refractivity contribution in [1.29, 1.82) is 0 Å². The number of nitrogens with one attached hydrogen (secondary N) is 1. The highest BCUT2D eigenvalue weighted by molar-refractivity contribution is 5.48. The van der Waals surface area contributed by atoms with Crippen LogP contribution < -0.4 is 10.1 Å². The molecule has 0 bridgehead atoms. The number of methoxy groups -OCH3 is 1. The quantitative estimate of drug-likeness (QED) is 0.758. The van der Waals surface area contributed by atoms with Crippen molar-refractivity contribution >= 4 is 5.69 Å². The summed E-state index contributed by atoms with van der Waals surface area (Å²) in [5.41, 5.74) is 2.27. The Labute approximate surface area is 124 Å². The van der Waals surface area contributed by atoms with E-state index in [9.17, 15) is 0 Å². The van der Waals surface area contributed by atoms with Crippen molar-refractivity contribution in [1.82, 2.24) is 9.55 Å². The molecule has 0 radical (unpaired) electrons. The van der Waals surface area contributed by atoms with Crippen LogP contribution in [-0.4, -0.2) is 29.9 Å². The summed E-state index contributed by atoms with van der Waals surface area (Å²) >= 11 is 0. The number of rotatable bonds is 8. The van der Waals surface area contributed by atoms with Gasteiger partial charge in [-0.1, -0.05) is 6.07 Å². The largest absolute Gasteiger partial charge is 0.491 e. The number of nitrogens with zero attached hydrogens (tertiary/aromatic N) is 2. The molecule has 1 aromatic carbocycles. The lowest BCUT2D eigenvalue weighted by Gasteiger charge is -2.11. The number of aromatic nitrogens is 2. The first-order valence-electron chi connectivity index (χ1n) is 7.33. The number of hydrogen-bond acceptors (Lipinski definition) is 4. The maximum atomic E-state index is 5.61. The summed E-state index contributed by atoms with van der Waals surface area (Å²) in [4.78, 5) is 4.25. The van der Waals surface area contributed by atoms with Gasteiger partial charge in [-0.25, -0.2) is 4.98 Å². The Morgan fingerprint density at radius 3 is 3.05 bits per heavy atom. The van der Waals surface area contributed by atoms with Crippen molar-refractivity contribution < 1.29 is 9.47 Å². The number of anilines is 1. The summed E-state index contributed by atoms with van der Waals surface area (Å²) in [5.74, 6) is 0.854. The molecule has 0 atom stereocenters. The van der Waals surface area contributed by atoms with E-state index in [0.717, 1.165) is 18.0 Å². The zero-order valence-electron chi connectivity index (χ0n) is 12.3. The van der Waals surface area contributed by atoms with Gasteiger partial charge in [0.05, 0.1) is 25.2 Å². The minimum absolute atomic E-state index is 0.564. The molecule has 0 spiro atoms. The lowest BCUT2D eigenvalue weighted by molar-refractivity contribution is 0.146. The van der Waals surface area contributed by atoms with Crippen LogP contribution in [-0.2, 0) is 11.3 Å². The maximum Gasteiger partial charge on any atom is 0.121 e.